The second kappa shape index (κ2) is 6.84. The lowest BCUT2D eigenvalue weighted by molar-refractivity contribution is -0.114. The average molecular weight is 306 g/mol. The molecule has 0 aromatic heterocycles. The zero-order chi connectivity index (χ0) is 15.5. The summed E-state index contributed by atoms with van der Waals surface area (Å²) in [7, 11) is 0. The van der Waals surface area contributed by atoms with Crippen molar-refractivity contribution in [2.24, 2.45) is 5.41 Å². The molecule has 0 radical (unpaired) electrons. The van der Waals surface area contributed by atoms with E-state index >= 15 is 0 Å². The Morgan fingerprint density at radius 1 is 1.43 bits per heavy atom. The minimum absolute atomic E-state index is 0.0295. The van der Waals surface area contributed by atoms with Crippen LogP contribution in [0, 0.1) is 5.41 Å². The first-order valence-electron chi connectivity index (χ1n) is 7.57. The predicted molar refractivity (Wildman–Crippen MR) is 91.8 cm³/mol. The van der Waals surface area contributed by atoms with Crippen molar-refractivity contribution in [2.45, 2.75) is 46.2 Å². The summed E-state index contributed by atoms with van der Waals surface area (Å²) in [6, 6.07) is 8.94. The van der Waals surface area contributed by atoms with Crippen LogP contribution in [0.1, 0.15) is 45.7 Å². The fourth-order valence-corrected chi connectivity index (χ4v) is 4.20. The molecule has 3 nitrogen and oxygen atoms in total. The lowest BCUT2D eigenvalue weighted by Crippen LogP contribution is -2.41. The highest BCUT2D eigenvalue weighted by atomic mass is 32.2. The maximum atomic E-state index is 11.2. The van der Waals surface area contributed by atoms with E-state index in [1.165, 1.54) is 30.4 Å². The minimum atomic E-state index is -0.0295. The third-order valence-electron chi connectivity index (χ3n) is 3.80. The van der Waals surface area contributed by atoms with Crippen LogP contribution in [0.25, 0.3) is 0 Å². The van der Waals surface area contributed by atoms with Crippen LogP contribution in [0.15, 0.2) is 24.3 Å². The Hall–Kier alpha value is -1.00. The first kappa shape index (κ1) is 16.4. The molecular formula is C17H26N2OS. The predicted octanol–water partition coefficient (Wildman–Crippen LogP) is 3.83. The van der Waals surface area contributed by atoms with E-state index in [9.17, 15) is 4.79 Å². The van der Waals surface area contributed by atoms with Crippen molar-refractivity contribution in [3.63, 3.8) is 0 Å². The molecule has 1 fully saturated rings. The summed E-state index contributed by atoms with van der Waals surface area (Å²) in [5.41, 5.74) is 2.50. The highest BCUT2D eigenvalue weighted by molar-refractivity contribution is 7.99. The molecule has 0 spiro atoms. The molecule has 2 atom stereocenters. The van der Waals surface area contributed by atoms with E-state index < -0.39 is 0 Å². The molecule has 4 heteroatoms. The molecule has 1 aromatic carbocycles. The number of carbonyl (C=O) groups is 1. The molecule has 21 heavy (non-hydrogen) atoms. The van der Waals surface area contributed by atoms with Gasteiger partial charge < -0.3 is 10.6 Å². The van der Waals surface area contributed by atoms with Gasteiger partial charge in [-0.05, 0) is 42.2 Å². The first-order chi connectivity index (χ1) is 9.85. The molecule has 1 heterocycles. The number of benzene rings is 1. The fourth-order valence-electron chi connectivity index (χ4n) is 2.91. The molecule has 2 rings (SSSR count). The van der Waals surface area contributed by atoms with Crippen molar-refractivity contribution >= 4 is 23.4 Å². The summed E-state index contributed by atoms with van der Waals surface area (Å²) in [5.74, 6) is 2.40. The third-order valence-corrected chi connectivity index (χ3v) is 5.43. The number of anilines is 1. The van der Waals surface area contributed by atoms with Crippen LogP contribution in [0.5, 0.6) is 0 Å². The van der Waals surface area contributed by atoms with Crippen LogP contribution in [0.3, 0.4) is 0 Å². The topological polar surface area (TPSA) is 41.1 Å². The van der Waals surface area contributed by atoms with E-state index in [-0.39, 0.29) is 5.91 Å². The number of carbonyl (C=O) groups excluding carboxylic acids is 1. The average Bonchev–Trinajstić information content (AvgIpc) is 2.37. The monoisotopic (exact) mass is 306 g/mol. The van der Waals surface area contributed by atoms with Crippen LogP contribution in [0.4, 0.5) is 5.69 Å². The van der Waals surface area contributed by atoms with Crippen LogP contribution < -0.4 is 10.6 Å². The fraction of sp³-hybridized carbons (Fsp3) is 0.588. The van der Waals surface area contributed by atoms with Crippen molar-refractivity contribution < 1.29 is 4.79 Å². The van der Waals surface area contributed by atoms with Gasteiger partial charge in [0.25, 0.3) is 0 Å². The summed E-state index contributed by atoms with van der Waals surface area (Å²) in [5, 5.41) is 6.58. The quantitative estimate of drug-likeness (QED) is 0.888. The van der Waals surface area contributed by atoms with E-state index in [1.54, 1.807) is 0 Å². The zero-order valence-electron chi connectivity index (χ0n) is 13.4. The standard InChI is InChI=1S/C17H26N2OS/c1-12(18-16-9-17(3,4)11-21-10-16)14-6-5-7-15(8-14)19-13(2)20/h5-8,12,16,18H,9-11H2,1-4H3,(H,19,20). The van der Waals surface area contributed by atoms with Gasteiger partial charge in [-0.2, -0.15) is 11.8 Å². The van der Waals surface area contributed by atoms with Gasteiger partial charge in [-0.1, -0.05) is 26.0 Å². The lowest BCUT2D eigenvalue weighted by atomic mass is 9.87. The van der Waals surface area contributed by atoms with E-state index in [0.717, 1.165) is 5.69 Å². The van der Waals surface area contributed by atoms with E-state index in [2.05, 4.69) is 43.5 Å². The Balaban J connectivity index is 1.99. The maximum Gasteiger partial charge on any atom is 0.221 e. The molecule has 2 N–H and O–H groups in total. The smallest absolute Gasteiger partial charge is 0.221 e. The molecule has 116 valence electrons. The summed E-state index contributed by atoms with van der Waals surface area (Å²) in [6.45, 7) is 8.42. The van der Waals surface area contributed by atoms with Gasteiger partial charge in [0.05, 0.1) is 0 Å². The summed E-state index contributed by atoms with van der Waals surface area (Å²) in [4.78, 5) is 11.2. The van der Waals surface area contributed by atoms with Crippen molar-refractivity contribution in [1.29, 1.82) is 0 Å². The number of nitrogens with one attached hydrogen (secondary N) is 2. The highest BCUT2D eigenvalue weighted by Gasteiger charge is 2.29. The number of rotatable bonds is 4. The number of amides is 1. The van der Waals surface area contributed by atoms with Crippen molar-refractivity contribution in [2.75, 3.05) is 16.8 Å². The van der Waals surface area contributed by atoms with Gasteiger partial charge >= 0.3 is 0 Å². The van der Waals surface area contributed by atoms with E-state index in [4.69, 9.17) is 0 Å². The second-order valence-corrected chi connectivity index (χ2v) is 7.81. The molecule has 1 amide bonds. The van der Waals surface area contributed by atoms with Crippen LogP contribution in [-0.4, -0.2) is 23.5 Å². The third kappa shape index (κ3) is 5.04. The van der Waals surface area contributed by atoms with Gasteiger partial charge in [0, 0.05) is 30.4 Å². The molecule has 0 aliphatic carbocycles. The zero-order valence-corrected chi connectivity index (χ0v) is 14.2. The van der Waals surface area contributed by atoms with Crippen LogP contribution >= 0.6 is 11.8 Å². The van der Waals surface area contributed by atoms with E-state index in [0.29, 0.717) is 17.5 Å². The Morgan fingerprint density at radius 3 is 2.86 bits per heavy atom. The maximum absolute atomic E-state index is 11.2. The molecule has 0 saturated carbocycles. The molecule has 1 aliphatic rings. The van der Waals surface area contributed by atoms with Crippen molar-refractivity contribution in [1.82, 2.24) is 5.32 Å². The molecule has 1 aromatic rings. The van der Waals surface area contributed by atoms with Gasteiger partial charge in [-0.15, -0.1) is 0 Å². The van der Waals surface area contributed by atoms with Crippen molar-refractivity contribution in [3.05, 3.63) is 29.8 Å². The van der Waals surface area contributed by atoms with Gasteiger partial charge in [-0.25, -0.2) is 0 Å². The SMILES string of the molecule is CC(=O)Nc1cccc(C(C)NC2CSCC(C)(C)C2)c1. The molecule has 1 saturated heterocycles. The molecule has 1 aliphatic heterocycles. The molecule has 2 unspecified atom stereocenters. The normalized spacial score (nSPS) is 22.6. The van der Waals surface area contributed by atoms with Gasteiger partial charge in [0.1, 0.15) is 0 Å². The number of thioether (sulfide) groups is 1. The molecular weight excluding hydrogens is 280 g/mol. The summed E-state index contributed by atoms with van der Waals surface area (Å²) < 4.78 is 0. The van der Waals surface area contributed by atoms with E-state index in [1.807, 2.05) is 23.9 Å². The first-order valence-corrected chi connectivity index (χ1v) is 8.72. The Labute approximate surface area is 132 Å². The van der Waals surface area contributed by atoms with Crippen LogP contribution in [0.2, 0.25) is 0 Å². The summed E-state index contributed by atoms with van der Waals surface area (Å²) in [6.07, 6.45) is 1.22. The Kier molecular flexibility index (Phi) is 5.33. The number of hydrogen-bond acceptors (Lipinski definition) is 3. The Bertz CT molecular complexity index is 501. The van der Waals surface area contributed by atoms with Gasteiger partial charge in [0.15, 0.2) is 0 Å². The van der Waals surface area contributed by atoms with Crippen molar-refractivity contribution in [3.8, 4) is 0 Å². The minimum Gasteiger partial charge on any atom is -0.326 e. The largest absolute Gasteiger partial charge is 0.326 e. The summed E-state index contributed by atoms with van der Waals surface area (Å²) >= 11 is 2.04. The van der Waals surface area contributed by atoms with Gasteiger partial charge in [0.2, 0.25) is 5.91 Å². The van der Waals surface area contributed by atoms with Crippen LogP contribution in [-0.2, 0) is 4.79 Å². The van der Waals surface area contributed by atoms with Gasteiger partial charge in [-0.3, -0.25) is 4.79 Å². The number of hydrogen-bond donors (Lipinski definition) is 2. The second-order valence-electron chi connectivity index (χ2n) is 6.78. The molecule has 0 bridgehead atoms. The lowest BCUT2D eigenvalue weighted by Gasteiger charge is -2.36. The highest BCUT2D eigenvalue weighted by Crippen LogP contribution is 2.34. The Morgan fingerprint density at radius 2 is 2.19 bits per heavy atom.